The van der Waals surface area contributed by atoms with E-state index in [1.165, 1.54) is 43.6 Å². The standard InChI is InChI=1S/C25H22ClN3O6S/c1-5-6-18-27-28-25(36-18)29-20(12-9-16(32-2)22(34-4)17(10-12)33-3)19-21(30)14-11-13(26)7-8-15(14)35-23(19)24(29)31/h7-11,20H,5-6H2,1-4H3. The van der Waals surface area contributed by atoms with Crippen LogP contribution in [0.1, 0.15) is 46.1 Å². The molecule has 36 heavy (non-hydrogen) atoms. The van der Waals surface area contributed by atoms with Crippen molar-refractivity contribution >= 4 is 44.9 Å². The molecule has 0 bridgehead atoms. The van der Waals surface area contributed by atoms with E-state index >= 15 is 0 Å². The van der Waals surface area contributed by atoms with Gasteiger partial charge in [0.2, 0.25) is 16.6 Å². The first-order valence-electron chi connectivity index (χ1n) is 11.1. The molecule has 0 fully saturated rings. The van der Waals surface area contributed by atoms with E-state index in [0.29, 0.717) is 33.0 Å². The molecule has 4 aromatic rings. The molecule has 2 aromatic carbocycles. The number of nitrogens with zero attached hydrogens (tertiary/aromatic N) is 3. The van der Waals surface area contributed by atoms with Crippen molar-refractivity contribution in [3.05, 3.63) is 67.5 Å². The molecule has 1 aliphatic rings. The van der Waals surface area contributed by atoms with E-state index in [1.54, 1.807) is 24.3 Å². The van der Waals surface area contributed by atoms with Gasteiger partial charge in [0.15, 0.2) is 16.9 Å². The zero-order valence-corrected chi connectivity index (χ0v) is 21.5. The van der Waals surface area contributed by atoms with Gasteiger partial charge in [-0.15, -0.1) is 10.2 Å². The summed E-state index contributed by atoms with van der Waals surface area (Å²) in [4.78, 5) is 29.0. The monoisotopic (exact) mass is 527 g/mol. The second-order valence-electron chi connectivity index (χ2n) is 8.08. The van der Waals surface area contributed by atoms with E-state index in [1.807, 2.05) is 6.92 Å². The molecule has 1 amide bonds. The summed E-state index contributed by atoms with van der Waals surface area (Å²) in [5, 5.41) is 10.3. The Morgan fingerprint density at radius 1 is 1.06 bits per heavy atom. The molecule has 1 aliphatic heterocycles. The maximum Gasteiger partial charge on any atom is 0.297 e. The largest absolute Gasteiger partial charge is 0.493 e. The van der Waals surface area contributed by atoms with Gasteiger partial charge >= 0.3 is 0 Å². The highest BCUT2D eigenvalue weighted by Gasteiger charge is 2.45. The minimum atomic E-state index is -0.872. The first-order valence-corrected chi connectivity index (χ1v) is 12.3. The minimum Gasteiger partial charge on any atom is -0.493 e. The Bertz CT molecular complexity index is 1520. The summed E-state index contributed by atoms with van der Waals surface area (Å²) in [5.41, 5.74) is 0.640. The SMILES string of the molecule is CCCc1nnc(N2C(=O)c3oc4ccc(Cl)cc4c(=O)c3C2c2cc(OC)c(OC)c(OC)c2)s1. The molecule has 0 N–H and O–H groups in total. The van der Waals surface area contributed by atoms with Crippen molar-refractivity contribution in [2.24, 2.45) is 0 Å². The van der Waals surface area contributed by atoms with Crippen LogP contribution in [0.3, 0.4) is 0 Å². The number of aryl methyl sites for hydroxylation is 1. The fourth-order valence-electron chi connectivity index (χ4n) is 4.37. The molecule has 0 radical (unpaired) electrons. The van der Waals surface area contributed by atoms with Gasteiger partial charge in [-0.05, 0) is 42.3 Å². The minimum absolute atomic E-state index is 0.0548. The molecule has 1 atom stereocenters. The van der Waals surface area contributed by atoms with E-state index in [2.05, 4.69) is 10.2 Å². The van der Waals surface area contributed by atoms with E-state index < -0.39 is 11.9 Å². The lowest BCUT2D eigenvalue weighted by atomic mass is 9.98. The molecular formula is C25H22ClN3O6S. The van der Waals surface area contributed by atoms with Gasteiger partial charge in [-0.1, -0.05) is 29.9 Å². The fraction of sp³-hybridized carbons (Fsp3) is 0.280. The number of halogens is 1. The van der Waals surface area contributed by atoms with Crippen molar-refractivity contribution in [2.45, 2.75) is 25.8 Å². The van der Waals surface area contributed by atoms with Gasteiger partial charge in [-0.2, -0.15) is 0 Å². The highest BCUT2D eigenvalue weighted by atomic mass is 35.5. The average molecular weight is 528 g/mol. The summed E-state index contributed by atoms with van der Waals surface area (Å²) in [6, 6.07) is 7.26. The molecule has 2 aromatic heterocycles. The summed E-state index contributed by atoms with van der Waals surface area (Å²) >= 11 is 7.47. The number of hydrogen-bond donors (Lipinski definition) is 0. The summed E-state index contributed by atoms with van der Waals surface area (Å²) < 4.78 is 22.5. The number of anilines is 1. The lowest BCUT2D eigenvalue weighted by molar-refractivity contribution is 0.0970. The predicted molar refractivity (Wildman–Crippen MR) is 136 cm³/mol. The predicted octanol–water partition coefficient (Wildman–Crippen LogP) is 5.03. The molecule has 0 saturated heterocycles. The Hall–Kier alpha value is -3.63. The quantitative estimate of drug-likeness (QED) is 0.330. The van der Waals surface area contributed by atoms with Crippen LogP contribution in [0.15, 0.2) is 39.5 Å². The van der Waals surface area contributed by atoms with Gasteiger partial charge in [-0.25, -0.2) is 0 Å². The van der Waals surface area contributed by atoms with Gasteiger partial charge in [-0.3, -0.25) is 14.5 Å². The normalized spacial score (nSPS) is 14.9. The van der Waals surface area contributed by atoms with Crippen LogP contribution in [0.2, 0.25) is 5.02 Å². The van der Waals surface area contributed by atoms with Crippen molar-refractivity contribution in [3.8, 4) is 17.2 Å². The van der Waals surface area contributed by atoms with Crippen LogP contribution in [0, 0.1) is 0 Å². The topological polar surface area (TPSA) is 104 Å². The molecule has 0 spiro atoms. The Kier molecular flexibility index (Phi) is 6.31. The van der Waals surface area contributed by atoms with Crippen molar-refractivity contribution in [1.82, 2.24) is 10.2 Å². The lowest BCUT2D eigenvalue weighted by Crippen LogP contribution is -2.29. The molecule has 1 unspecified atom stereocenters. The second-order valence-corrected chi connectivity index (χ2v) is 9.56. The Morgan fingerprint density at radius 2 is 1.78 bits per heavy atom. The zero-order valence-electron chi connectivity index (χ0n) is 20.0. The number of benzene rings is 2. The first kappa shape index (κ1) is 24.1. The maximum absolute atomic E-state index is 13.8. The highest BCUT2D eigenvalue weighted by molar-refractivity contribution is 7.15. The summed E-state index contributed by atoms with van der Waals surface area (Å²) in [7, 11) is 4.50. The summed E-state index contributed by atoms with van der Waals surface area (Å²) in [6.45, 7) is 2.04. The second kappa shape index (κ2) is 9.44. The van der Waals surface area contributed by atoms with Crippen LogP contribution < -0.4 is 24.5 Å². The number of amides is 1. The first-order chi connectivity index (χ1) is 17.4. The zero-order chi connectivity index (χ0) is 25.6. The van der Waals surface area contributed by atoms with Crippen molar-refractivity contribution in [2.75, 3.05) is 26.2 Å². The van der Waals surface area contributed by atoms with Gasteiger partial charge in [0.25, 0.3) is 5.91 Å². The van der Waals surface area contributed by atoms with Gasteiger partial charge in [0.05, 0.1) is 38.3 Å². The summed E-state index contributed by atoms with van der Waals surface area (Å²) in [5.74, 6) is 0.603. The van der Waals surface area contributed by atoms with Crippen LogP contribution in [0.4, 0.5) is 5.13 Å². The number of hydrogen-bond acceptors (Lipinski definition) is 9. The Morgan fingerprint density at radius 3 is 2.42 bits per heavy atom. The van der Waals surface area contributed by atoms with E-state index in [-0.39, 0.29) is 27.7 Å². The average Bonchev–Trinajstić information content (AvgIpc) is 3.46. The third-order valence-corrected chi connectivity index (χ3v) is 7.18. The number of carbonyl (C=O) groups is 1. The summed E-state index contributed by atoms with van der Waals surface area (Å²) in [6.07, 6.45) is 1.60. The smallest absolute Gasteiger partial charge is 0.297 e. The molecule has 9 nitrogen and oxygen atoms in total. The van der Waals surface area contributed by atoms with E-state index in [0.717, 1.165) is 17.8 Å². The number of fused-ring (bicyclic) bond motifs is 2. The molecule has 186 valence electrons. The number of aromatic nitrogens is 2. The number of carbonyl (C=O) groups excluding carboxylic acids is 1. The van der Waals surface area contributed by atoms with Crippen molar-refractivity contribution < 1.29 is 23.4 Å². The number of ether oxygens (including phenoxy) is 3. The van der Waals surface area contributed by atoms with E-state index in [9.17, 15) is 9.59 Å². The Balaban J connectivity index is 1.80. The van der Waals surface area contributed by atoms with Crippen LogP contribution >= 0.6 is 22.9 Å². The number of rotatable bonds is 7. The molecule has 0 saturated carbocycles. The lowest BCUT2D eigenvalue weighted by Gasteiger charge is -2.24. The highest BCUT2D eigenvalue weighted by Crippen LogP contribution is 2.47. The van der Waals surface area contributed by atoms with Crippen LogP contribution in [0.25, 0.3) is 11.0 Å². The van der Waals surface area contributed by atoms with Crippen LogP contribution in [-0.2, 0) is 6.42 Å². The Labute approximate surface area is 215 Å². The molecule has 3 heterocycles. The number of methoxy groups -OCH3 is 3. The van der Waals surface area contributed by atoms with Gasteiger partial charge in [0, 0.05) is 11.4 Å². The maximum atomic E-state index is 13.8. The fourth-order valence-corrected chi connectivity index (χ4v) is 5.51. The molecule has 0 aliphatic carbocycles. The van der Waals surface area contributed by atoms with Gasteiger partial charge < -0.3 is 18.6 Å². The van der Waals surface area contributed by atoms with E-state index in [4.69, 9.17) is 30.2 Å². The van der Waals surface area contributed by atoms with Crippen LogP contribution in [0.5, 0.6) is 17.2 Å². The third-order valence-electron chi connectivity index (χ3n) is 5.96. The third kappa shape index (κ3) is 3.77. The van der Waals surface area contributed by atoms with Crippen molar-refractivity contribution in [3.63, 3.8) is 0 Å². The molecule has 11 heteroatoms. The van der Waals surface area contributed by atoms with Crippen LogP contribution in [-0.4, -0.2) is 37.4 Å². The molecular weight excluding hydrogens is 506 g/mol. The van der Waals surface area contributed by atoms with Crippen molar-refractivity contribution in [1.29, 1.82) is 0 Å². The molecule has 5 rings (SSSR count). The van der Waals surface area contributed by atoms with Gasteiger partial charge in [0.1, 0.15) is 10.6 Å².